The maximum absolute atomic E-state index is 14.6. The molecule has 0 radical (unpaired) electrons. The maximum Gasteiger partial charge on any atom is 0.158 e. The van der Waals surface area contributed by atoms with Gasteiger partial charge < -0.3 is 41.0 Å². The van der Waals surface area contributed by atoms with E-state index in [4.69, 9.17) is 20.4 Å². The smallest absolute Gasteiger partial charge is 0.158 e. The Hall–Kier alpha value is -3.81. The number of anilines is 4. The van der Waals surface area contributed by atoms with E-state index < -0.39 is 6.23 Å². The van der Waals surface area contributed by atoms with Crippen LogP contribution in [-0.4, -0.2) is 101 Å². The molecule has 1 atom stereocenters. The Bertz CT molecular complexity index is 1620. The van der Waals surface area contributed by atoms with Crippen LogP contribution in [-0.2, 0) is 4.74 Å². The highest BCUT2D eigenvalue weighted by atomic mass is 19.1. The molecule has 0 bridgehead atoms. The van der Waals surface area contributed by atoms with Crippen molar-refractivity contribution in [2.45, 2.75) is 44.0 Å². The summed E-state index contributed by atoms with van der Waals surface area (Å²) in [4.78, 5) is 20.3. The Morgan fingerprint density at radius 2 is 1.67 bits per heavy atom. The van der Waals surface area contributed by atoms with Gasteiger partial charge in [-0.15, -0.1) is 0 Å². The summed E-state index contributed by atoms with van der Waals surface area (Å²) < 4.78 is 20.1. The number of nitrogens with zero attached hydrogens (tertiary/aromatic N) is 5. The lowest BCUT2D eigenvalue weighted by Gasteiger charge is -2.42. The Labute approximate surface area is 268 Å². The Balaban J connectivity index is 1.13. The number of ether oxygens (including phenoxy) is 1. The number of hydrogen-bond acceptors (Lipinski definition) is 10. The minimum Gasteiger partial charge on any atom is -0.381 e. The highest BCUT2D eigenvalue weighted by Crippen LogP contribution is 2.36. The zero-order valence-electron chi connectivity index (χ0n) is 26.4. The fraction of sp³-hybridized carbons (Fsp3) is 0.471. The summed E-state index contributed by atoms with van der Waals surface area (Å²) in [5.74, 6) is 0.546. The minimum absolute atomic E-state index is 0.130. The van der Waals surface area contributed by atoms with Gasteiger partial charge in [0.15, 0.2) is 11.6 Å². The highest BCUT2D eigenvalue weighted by Gasteiger charge is 2.27. The van der Waals surface area contributed by atoms with Crippen LogP contribution in [0.25, 0.3) is 22.2 Å². The van der Waals surface area contributed by atoms with Gasteiger partial charge in [0.25, 0.3) is 0 Å². The number of H-pyrrole nitrogens is 1. The summed E-state index contributed by atoms with van der Waals surface area (Å²) in [5.41, 5.74) is 9.84. The summed E-state index contributed by atoms with van der Waals surface area (Å²) in [5, 5.41) is 18.2. The zero-order chi connectivity index (χ0) is 31.6. The number of fused-ring (bicyclic) bond motifs is 1. The van der Waals surface area contributed by atoms with Crippen molar-refractivity contribution in [1.29, 1.82) is 0 Å². The van der Waals surface area contributed by atoms with Crippen molar-refractivity contribution >= 4 is 33.9 Å². The predicted octanol–water partition coefficient (Wildman–Crippen LogP) is 4.26. The molecule has 12 heteroatoms. The first-order chi connectivity index (χ1) is 22.4. The normalized spacial score (nSPS) is 19.9. The van der Waals surface area contributed by atoms with Crippen LogP contribution in [0.15, 0.2) is 48.7 Å². The second-order valence-electron chi connectivity index (χ2n) is 12.7. The molecule has 2 aromatic heterocycles. The summed E-state index contributed by atoms with van der Waals surface area (Å²) in [7, 11) is 2.21. The number of rotatable bonds is 8. The van der Waals surface area contributed by atoms with Crippen molar-refractivity contribution in [1.82, 2.24) is 24.8 Å². The van der Waals surface area contributed by atoms with Crippen molar-refractivity contribution in [3.8, 4) is 11.3 Å². The van der Waals surface area contributed by atoms with Crippen LogP contribution < -0.4 is 21.3 Å². The molecule has 11 nitrogen and oxygen atoms in total. The fourth-order valence-electron chi connectivity index (χ4n) is 6.97. The number of hydrogen-bond donors (Lipinski definition) is 5. The van der Waals surface area contributed by atoms with E-state index in [1.165, 1.54) is 24.6 Å². The number of halogens is 1. The molecule has 7 rings (SSSR count). The number of benzene rings is 2. The molecule has 3 aliphatic rings. The first-order valence-corrected chi connectivity index (χ1v) is 16.4. The molecule has 3 fully saturated rings. The molecule has 4 aromatic rings. The van der Waals surface area contributed by atoms with E-state index in [-0.39, 0.29) is 17.6 Å². The first kappa shape index (κ1) is 30.8. The fourth-order valence-corrected chi connectivity index (χ4v) is 6.97. The number of nitrogens with two attached hydrogens (primary N) is 1. The van der Waals surface area contributed by atoms with Gasteiger partial charge in [0.1, 0.15) is 23.4 Å². The Morgan fingerprint density at radius 1 is 0.935 bits per heavy atom. The van der Waals surface area contributed by atoms with Crippen molar-refractivity contribution in [2.75, 3.05) is 75.1 Å². The maximum atomic E-state index is 14.6. The van der Waals surface area contributed by atoms with Gasteiger partial charge in [-0.1, -0.05) is 0 Å². The average molecular weight is 630 g/mol. The summed E-state index contributed by atoms with van der Waals surface area (Å²) >= 11 is 0. The molecule has 6 N–H and O–H groups in total. The van der Waals surface area contributed by atoms with Gasteiger partial charge in [-0.05, 0) is 75.2 Å². The lowest BCUT2D eigenvalue weighted by atomic mass is 10.0. The van der Waals surface area contributed by atoms with Crippen molar-refractivity contribution in [3.63, 3.8) is 0 Å². The second-order valence-corrected chi connectivity index (χ2v) is 12.7. The van der Waals surface area contributed by atoms with Crippen LogP contribution in [0.2, 0.25) is 0 Å². The van der Waals surface area contributed by atoms with E-state index in [9.17, 15) is 9.50 Å². The van der Waals surface area contributed by atoms with Gasteiger partial charge in [0, 0.05) is 93.1 Å². The van der Waals surface area contributed by atoms with Crippen LogP contribution in [0.5, 0.6) is 0 Å². The zero-order valence-corrected chi connectivity index (χ0v) is 26.4. The number of aromatic amines is 1. The van der Waals surface area contributed by atoms with Gasteiger partial charge in [-0.2, -0.15) is 0 Å². The average Bonchev–Trinajstić information content (AvgIpc) is 3.58. The van der Waals surface area contributed by atoms with Crippen LogP contribution in [0.3, 0.4) is 0 Å². The number of piperazine rings is 1. The summed E-state index contributed by atoms with van der Waals surface area (Å²) in [6, 6.07) is 14.0. The van der Waals surface area contributed by atoms with Crippen molar-refractivity contribution < 1.29 is 14.2 Å². The van der Waals surface area contributed by atoms with Crippen LogP contribution >= 0.6 is 0 Å². The lowest BCUT2D eigenvalue weighted by Crippen LogP contribution is -2.52. The number of aromatic nitrogens is 3. The molecule has 0 spiro atoms. The Morgan fingerprint density at radius 3 is 2.39 bits per heavy atom. The summed E-state index contributed by atoms with van der Waals surface area (Å²) in [6.45, 7) is 8.03. The molecule has 3 aliphatic heterocycles. The number of aliphatic hydroxyl groups is 1. The summed E-state index contributed by atoms with van der Waals surface area (Å²) in [6.07, 6.45) is 4.31. The monoisotopic (exact) mass is 629 g/mol. The van der Waals surface area contributed by atoms with E-state index in [2.05, 4.69) is 49.5 Å². The molecule has 46 heavy (non-hydrogen) atoms. The Kier molecular flexibility index (Phi) is 9.05. The lowest BCUT2D eigenvalue weighted by molar-refractivity contribution is 0.0904. The molecule has 244 valence electrons. The number of nitrogens with one attached hydrogen (secondary N) is 3. The number of piperidine rings is 1. The van der Waals surface area contributed by atoms with Crippen LogP contribution in [0.1, 0.15) is 37.6 Å². The molecular formula is C34H44FN9O2. The van der Waals surface area contributed by atoms with Crippen LogP contribution in [0.4, 0.5) is 27.4 Å². The van der Waals surface area contributed by atoms with Crippen molar-refractivity contribution in [2.24, 2.45) is 5.73 Å². The van der Waals surface area contributed by atoms with E-state index in [1.807, 2.05) is 18.2 Å². The third-order valence-corrected chi connectivity index (χ3v) is 9.71. The minimum atomic E-state index is -1.38. The van der Waals surface area contributed by atoms with E-state index >= 15 is 0 Å². The van der Waals surface area contributed by atoms with Gasteiger partial charge in [-0.3, -0.25) is 4.90 Å². The third-order valence-electron chi connectivity index (χ3n) is 9.71. The van der Waals surface area contributed by atoms with Gasteiger partial charge in [0.05, 0.1) is 5.52 Å². The molecule has 0 saturated carbocycles. The third kappa shape index (κ3) is 6.53. The second kappa shape index (κ2) is 13.5. The molecular weight excluding hydrogens is 585 g/mol. The SMILES string of the molecule is CN1CCN(C2CCN(c3ccc(Nc4nc(NC5CCOCC5)c(-c5ccc(F)c6[nH]ccc56)nc4C(N)O)cc3)CC2)CC1. The molecule has 1 unspecified atom stereocenters. The van der Waals surface area contributed by atoms with E-state index in [0.717, 1.165) is 57.8 Å². The van der Waals surface area contributed by atoms with Crippen molar-refractivity contribution in [3.05, 3.63) is 60.2 Å². The number of aliphatic hydroxyl groups excluding tert-OH is 1. The molecule has 0 amide bonds. The standard InChI is InChI=1S/C34H44FN9O2/c1-42-16-18-44(19-17-42)25-9-14-43(15-10-25)24-4-2-22(3-5-24)38-34-31(32(36)45)40-30(33(41-34)39-23-11-20-46-21-12-23)26-6-7-28(35)29-27(26)8-13-37-29/h2-8,13,23,25,32,37,45H,9-12,14-21,36H2,1H3,(H2,38,39,41). The molecule has 3 saturated heterocycles. The van der Waals surface area contributed by atoms with Gasteiger partial charge >= 0.3 is 0 Å². The molecule has 2 aromatic carbocycles. The quantitative estimate of drug-likeness (QED) is 0.180. The number of likely N-dealkylation sites (N-methyl/N-ethyl adjacent to an activating group) is 1. The van der Waals surface area contributed by atoms with Crippen LogP contribution in [0, 0.1) is 5.82 Å². The molecule has 5 heterocycles. The highest BCUT2D eigenvalue weighted by molar-refractivity contribution is 5.97. The van der Waals surface area contributed by atoms with E-state index in [1.54, 1.807) is 12.3 Å². The molecule has 0 aliphatic carbocycles. The topological polar surface area (TPSA) is 131 Å². The first-order valence-electron chi connectivity index (χ1n) is 16.4. The van der Waals surface area contributed by atoms with Gasteiger partial charge in [0.2, 0.25) is 0 Å². The largest absolute Gasteiger partial charge is 0.381 e. The predicted molar refractivity (Wildman–Crippen MR) is 180 cm³/mol. The van der Waals surface area contributed by atoms with E-state index in [0.29, 0.717) is 53.1 Å². The van der Waals surface area contributed by atoms with Gasteiger partial charge in [-0.25, -0.2) is 14.4 Å².